The van der Waals surface area contributed by atoms with Gasteiger partial charge in [0.15, 0.2) is 11.6 Å². The van der Waals surface area contributed by atoms with Gasteiger partial charge in [-0.05, 0) is 54.6 Å². The number of hydrogen-bond donors (Lipinski definition) is 1. The third kappa shape index (κ3) is 4.00. The molecule has 0 radical (unpaired) electrons. The van der Waals surface area contributed by atoms with Crippen molar-refractivity contribution in [3.8, 4) is 11.4 Å². The maximum absolute atomic E-state index is 14.2. The summed E-state index contributed by atoms with van der Waals surface area (Å²) in [5.41, 5.74) is 1.31. The van der Waals surface area contributed by atoms with Gasteiger partial charge in [0.1, 0.15) is 12.9 Å². The van der Waals surface area contributed by atoms with E-state index in [1.54, 1.807) is 12.1 Å². The van der Waals surface area contributed by atoms with Crippen LogP contribution in [0.4, 0.5) is 4.39 Å². The van der Waals surface area contributed by atoms with Crippen LogP contribution < -0.4 is 10.1 Å². The highest BCUT2D eigenvalue weighted by atomic mass is 35.5. The molecule has 1 saturated heterocycles. The number of hydrogen-bond acceptors (Lipinski definition) is 6. The molecule has 1 aromatic carbocycles. The van der Waals surface area contributed by atoms with Crippen molar-refractivity contribution in [2.75, 3.05) is 13.1 Å². The smallest absolute Gasteiger partial charge is 0.167 e. The molecule has 0 aliphatic carbocycles. The normalized spacial score (nSPS) is 14.8. The van der Waals surface area contributed by atoms with Gasteiger partial charge in [0.25, 0.3) is 0 Å². The van der Waals surface area contributed by atoms with E-state index in [1.807, 2.05) is 16.9 Å². The minimum Gasteiger partial charge on any atom is -0.484 e. The third-order valence-electron chi connectivity index (χ3n) is 4.25. The van der Waals surface area contributed by atoms with Crippen LogP contribution in [-0.2, 0) is 6.61 Å². The predicted molar refractivity (Wildman–Crippen MR) is 94.1 cm³/mol. The fourth-order valence-corrected chi connectivity index (χ4v) is 2.91. The average molecular weight is 380 g/mol. The van der Waals surface area contributed by atoms with Crippen molar-refractivity contribution in [1.29, 1.82) is 0 Å². The number of ether oxygens (including phenoxy) is 1. The summed E-state index contributed by atoms with van der Waals surface area (Å²) in [5, 5.41) is 18.7. The molecule has 1 N–H and O–H groups in total. The number of rotatable bonds is 5. The Morgan fingerprint density at radius 3 is 2.81 bits per heavy atom. The first-order valence-corrected chi connectivity index (χ1v) is 8.20. The number of tetrazole rings is 1. The summed E-state index contributed by atoms with van der Waals surface area (Å²) < 4.78 is 23.1. The zero-order valence-corrected chi connectivity index (χ0v) is 14.8. The predicted octanol–water partition coefficient (Wildman–Crippen LogP) is 1.92. The van der Waals surface area contributed by atoms with E-state index in [4.69, 9.17) is 4.74 Å². The Labute approximate surface area is 155 Å². The Bertz CT molecular complexity index is 833. The van der Waals surface area contributed by atoms with E-state index in [0.717, 1.165) is 31.6 Å². The topological polar surface area (TPSA) is 82.7 Å². The maximum Gasteiger partial charge on any atom is 0.167 e. The van der Waals surface area contributed by atoms with Crippen molar-refractivity contribution in [3.63, 3.8) is 0 Å². The maximum atomic E-state index is 14.2. The second-order valence-electron chi connectivity index (χ2n) is 5.93. The lowest BCUT2D eigenvalue weighted by atomic mass is 10.1. The molecule has 0 amide bonds. The number of benzene rings is 1. The van der Waals surface area contributed by atoms with Gasteiger partial charge >= 0.3 is 0 Å². The quantitative estimate of drug-likeness (QED) is 0.729. The van der Waals surface area contributed by atoms with Crippen LogP contribution in [0, 0.1) is 5.82 Å². The van der Waals surface area contributed by atoms with E-state index in [1.165, 1.54) is 17.1 Å². The Morgan fingerprint density at radius 2 is 2.08 bits per heavy atom. The SMILES string of the molecule is Cl.Fc1cc(-n2cnnn2)ccc1OCc1ccn(C2CCNCC2)n1. The molecule has 1 aliphatic rings. The molecule has 0 spiro atoms. The minimum absolute atomic E-state index is 0. The van der Waals surface area contributed by atoms with Crippen LogP contribution in [-0.4, -0.2) is 43.1 Å². The second kappa shape index (κ2) is 8.24. The van der Waals surface area contributed by atoms with Gasteiger partial charge in [0, 0.05) is 12.3 Å². The van der Waals surface area contributed by atoms with Gasteiger partial charge in [-0.25, -0.2) is 9.07 Å². The van der Waals surface area contributed by atoms with Gasteiger partial charge in [-0.15, -0.1) is 17.5 Å². The molecule has 0 unspecified atom stereocenters. The Morgan fingerprint density at radius 1 is 1.23 bits per heavy atom. The summed E-state index contributed by atoms with van der Waals surface area (Å²) in [6.45, 7) is 2.24. The molecule has 1 aliphatic heterocycles. The number of nitrogens with zero attached hydrogens (tertiary/aromatic N) is 6. The van der Waals surface area contributed by atoms with E-state index >= 15 is 0 Å². The third-order valence-corrected chi connectivity index (χ3v) is 4.25. The first-order valence-electron chi connectivity index (χ1n) is 8.20. The van der Waals surface area contributed by atoms with Gasteiger partial charge in [0.2, 0.25) is 0 Å². The van der Waals surface area contributed by atoms with Crippen molar-refractivity contribution in [1.82, 2.24) is 35.3 Å². The molecule has 8 nitrogen and oxygen atoms in total. The lowest BCUT2D eigenvalue weighted by Gasteiger charge is -2.22. The monoisotopic (exact) mass is 379 g/mol. The van der Waals surface area contributed by atoms with Crippen molar-refractivity contribution in [2.24, 2.45) is 0 Å². The first-order chi connectivity index (χ1) is 12.3. The van der Waals surface area contributed by atoms with Crippen molar-refractivity contribution < 1.29 is 9.13 Å². The summed E-state index contributed by atoms with van der Waals surface area (Å²) in [4.78, 5) is 0. The molecule has 3 heterocycles. The van der Waals surface area contributed by atoms with Gasteiger partial charge in [-0.1, -0.05) is 0 Å². The van der Waals surface area contributed by atoms with Crippen LogP contribution in [0.2, 0.25) is 0 Å². The zero-order chi connectivity index (χ0) is 17.1. The summed E-state index contributed by atoms with van der Waals surface area (Å²) in [6, 6.07) is 6.93. The van der Waals surface area contributed by atoms with E-state index in [-0.39, 0.29) is 24.8 Å². The zero-order valence-electron chi connectivity index (χ0n) is 14.0. The molecule has 2 aromatic heterocycles. The number of piperidine rings is 1. The van der Waals surface area contributed by atoms with E-state index in [9.17, 15) is 4.39 Å². The van der Waals surface area contributed by atoms with Crippen molar-refractivity contribution in [2.45, 2.75) is 25.5 Å². The van der Waals surface area contributed by atoms with E-state index < -0.39 is 5.82 Å². The number of nitrogens with one attached hydrogen (secondary N) is 1. The summed E-state index contributed by atoms with van der Waals surface area (Å²) >= 11 is 0. The van der Waals surface area contributed by atoms with Gasteiger partial charge in [-0.2, -0.15) is 5.10 Å². The Hall–Kier alpha value is -2.52. The molecule has 1 fully saturated rings. The molecular formula is C16H19ClFN7O. The summed E-state index contributed by atoms with van der Waals surface area (Å²) in [7, 11) is 0. The highest BCUT2D eigenvalue weighted by molar-refractivity contribution is 5.85. The summed E-state index contributed by atoms with van der Waals surface area (Å²) in [5.74, 6) is -0.293. The average Bonchev–Trinajstić information content (AvgIpc) is 3.33. The fraction of sp³-hybridized carbons (Fsp3) is 0.375. The molecule has 3 aromatic rings. The molecule has 138 valence electrons. The molecule has 4 rings (SSSR count). The van der Waals surface area contributed by atoms with Crippen LogP contribution in [0.5, 0.6) is 5.75 Å². The standard InChI is InChI=1S/C16H18FN7O.ClH/c17-15-9-14(24-11-19-21-22-24)1-2-16(15)25-10-12-5-8-23(20-12)13-3-6-18-7-4-13;/h1-2,5,8-9,11,13,18H,3-4,6-7,10H2;1H. The molecule has 0 atom stereocenters. The molecule has 10 heteroatoms. The van der Waals surface area contributed by atoms with Crippen molar-refractivity contribution >= 4 is 12.4 Å². The largest absolute Gasteiger partial charge is 0.484 e. The first kappa shape index (κ1) is 18.3. The second-order valence-corrected chi connectivity index (χ2v) is 5.93. The molecule has 0 bridgehead atoms. The number of aromatic nitrogens is 6. The highest BCUT2D eigenvalue weighted by Gasteiger charge is 2.16. The Balaban J connectivity index is 0.00000196. The Kier molecular flexibility index (Phi) is 5.79. The van der Waals surface area contributed by atoms with E-state index in [2.05, 4.69) is 25.9 Å². The lowest BCUT2D eigenvalue weighted by molar-refractivity contribution is 0.280. The van der Waals surface area contributed by atoms with Crippen molar-refractivity contribution in [3.05, 3.63) is 48.3 Å². The summed E-state index contributed by atoms with van der Waals surface area (Å²) in [6.07, 6.45) is 5.50. The van der Waals surface area contributed by atoms with Gasteiger partial charge in [0.05, 0.1) is 17.4 Å². The van der Waals surface area contributed by atoms with Crippen LogP contribution in [0.25, 0.3) is 5.69 Å². The number of halogens is 2. The molecule has 26 heavy (non-hydrogen) atoms. The highest BCUT2D eigenvalue weighted by Crippen LogP contribution is 2.22. The minimum atomic E-state index is -0.467. The van der Waals surface area contributed by atoms with Crippen LogP contribution in [0.1, 0.15) is 24.6 Å². The molecular weight excluding hydrogens is 361 g/mol. The van der Waals surface area contributed by atoms with Crippen LogP contribution in [0.15, 0.2) is 36.8 Å². The van der Waals surface area contributed by atoms with Gasteiger partial charge < -0.3 is 10.1 Å². The van der Waals surface area contributed by atoms with Gasteiger partial charge in [-0.3, -0.25) is 4.68 Å². The lowest BCUT2D eigenvalue weighted by Crippen LogP contribution is -2.29. The fourth-order valence-electron chi connectivity index (χ4n) is 2.91. The van der Waals surface area contributed by atoms with E-state index in [0.29, 0.717) is 11.7 Å². The van der Waals surface area contributed by atoms with Crippen LogP contribution in [0.3, 0.4) is 0 Å². The van der Waals surface area contributed by atoms with Crippen LogP contribution >= 0.6 is 12.4 Å². The molecule has 0 saturated carbocycles.